The Labute approximate surface area is 34.3 Å². The Morgan fingerprint density at radius 2 is 1.40 bits per heavy atom. The molecular formula is HCl2OPRf. The van der Waals surface area contributed by atoms with Gasteiger partial charge in [0.1, 0.15) is 0 Å². The molecule has 0 aliphatic rings. The van der Waals surface area contributed by atoms with Crippen molar-refractivity contribution in [2.45, 2.75) is 0 Å². The molecule has 0 saturated carbocycles. The molecule has 0 spiro atoms. The van der Waals surface area contributed by atoms with Crippen molar-refractivity contribution in [3.05, 3.63) is 0 Å². The van der Waals surface area contributed by atoms with E-state index in [0.717, 1.165) is 0 Å². The second-order valence-corrected chi connectivity index (χ2v) is 3.32. The fourth-order valence-electron chi connectivity index (χ4n) is 0. The molecular weight excluding hydrogens is 385 g/mol. The van der Waals surface area contributed by atoms with Gasteiger partial charge >= 0.3 is 0 Å². The molecule has 0 aromatic heterocycles. The van der Waals surface area contributed by atoms with Gasteiger partial charge in [-0.25, -0.2) is 0 Å². The van der Waals surface area contributed by atoms with Crippen molar-refractivity contribution in [2.24, 2.45) is 0 Å². The van der Waals surface area contributed by atoms with Crippen LogP contribution in [0.4, 0.5) is 0 Å². The normalized spacial score (nSPS) is 7.00. The molecule has 0 rings (SSSR count). The standard InChI is InChI=1S/Cl2HOP.Rf/c1-4(2)3;/h4H;. The minimum atomic E-state index is -2.19. The Bertz CT molecular complexity index is 32.6. The molecule has 0 unspecified atom stereocenters. The van der Waals surface area contributed by atoms with Gasteiger partial charge in [0, 0.05) is 0 Å². The molecule has 0 fully saturated rings. The van der Waals surface area contributed by atoms with Crippen LogP contribution < -0.4 is 0 Å². The van der Waals surface area contributed by atoms with E-state index in [1.807, 2.05) is 0 Å². The largest absolute Gasteiger partial charge is 0.293 e. The number of hydrogen-bond donors (Lipinski definition) is 0. The van der Waals surface area contributed by atoms with Crippen molar-refractivity contribution in [3.63, 3.8) is 0 Å². The quantitative estimate of drug-likeness (QED) is 0.582. The minimum absolute atomic E-state index is 0. The van der Waals surface area contributed by atoms with Crippen LogP contribution in [0.15, 0.2) is 0 Å². The fourth-order valence-corrected chi connectivity index (χ4v) is 0. The first-order valence-electron chi connectivity index (χ1n) is 0.582. The summed E-state index contributed by atoms with van der Waals surface area (Å²) in [5.74, 6) is 0. The summed E-state index contributed by atoms with van der Waals surface area (Å²) in [4.78, 5) is 0. The zero-order chi connectivity index (χ0) is 3.58. The van der Waals surface area contributed by atoms with Crippen LogP contribution >= 0.6 is 29.0 Å². The van der Waals surface area contributed by atoms with Crippen molar-refractivity contribution in [1.29, 1.82) is 0 Å². The molecule has 0 bridgehead atoms. The zero-order valence-corrected chi connectivity index (χ0v) is 11.3. The van der Waals surface area contributed by atoms with Crippen molar-refractivity contribution in [3.8, 4) is 0 Å². The molecule has 0 atom stereocenters. The van der Waals surface area contributed by atoms with Gasteiger partial charge < -0.3 is 0 Å². The predicted molar refractivity (Wildman–Crippen MR) is 20.7 cm³/mol. The second-order valence-electron chi connectivity index (χ2n) is 0.226. The first-order valence-corrected chi connectivity index (χ1v) is 4.01. The van der Waals surface area contributed by atoms with E-state index in [1.54, 1.807) is 0 Å². The Hall–Kier alpha value is -0.190. The molecule has 0 aromatic carbocycles. The van der Waals surface area contributed by atoms with Crippen LogP contribution in [0.5, 0.6) is 0 Å². The molecule has 0 heterocycles. The van der Waals surface area contributed by atoms with E-state index in [1.165, 1.54) is 0 Å². The summed E-state index contributed by atoms with van der Waals surface area (Å²) in [6.07, 6.45) is 0. The van der Waals surface area contributed by atoms with Crippen molar-refractivity contribution < 1.29 is 4.57 Å². The van der Waals surface area contributed by atoms with Gasteiger partial charge in [0.25, 0.3) is 0 Å². The molecule has 0 amide bonds. The Morgan fingerprint density at radius 3 is 1.40 bits per heavy atom. The van der Waals surface area contributed by atoms with E-state index >= 15 is 0 Å². The van der Waals surface area contributed by atoms with Gasteiger partial charge in [-0.2, -0.15) is 0 Å². The van der Waals surface area contributed by atoms with E-state index in [0.29, 0.717) is 0 Å². The van der Waals surface area contributed by atoms with Gasteiger partial charge in [-0.3, -0.25) is 4.57 Å². The molecule has 0 aliphatic carbocycles. The van der Waals surface area contributed by atoms with Crippen LogP contribution in [0.3, 0.4) is 0 Å². The average Bonchev–Trinajstić information content (AvgIpc) is 0.811. The summed E-state index contributed by atoms with van der Waals surface area (Å²) in [6.45, 7) is -2.19. The molecule has 0 radical (unpaired) electrons. The first-order chi connectivity index (χ1) is 1.73. The maximum absolute atomic E-state index is 9.16. The fraction of sp³-hybridized carbons (Fsp3) is 0. The third-order valence-corrected chi connectivity index (χ3v) is 0. The third-order valence-electron chi connectivity index (χ3n) is 0. The third kappa shape index (κ3) is 346. The average molecular weight is 386 g/mol. The molecule has 5 heteroatoms. The van der Waals surface area contributed by atoms with Crippen LogP contribution in [0, 0.1) is 0 Å². The summed E-state index contributed by atoms with van der Waals surface area (Å²) in [5.41, 5.74) is 0. The summed E-state index contributed by atoms with van der Waals surface area (Å²) < 4.78 is 9.16. The van der Waals surface area contributed by atoms with Crippen LogP contribution in [0.2, 0.25) is 0 Å². The summed E-state index contributed by atoms with van der Waals surface area (Å²) in [7, 11) is 0. The summed E-state index contributed by atoms with van der Waals surface area (Å²) in [5, 5.41) is 0. The Morgan fingerprint density at radius 1 is 1.40 bits per heavy atom. The summed E-state index contributed by atoms with van der Waals surface area (Å²) in [6, 6.07) is 0. The van der Waals surface area contributed by atoms with E-state index in [9.17, 15) is 0 Å². The molecule has 0 aliphatic heterocycles. The smallest absolute Gasteiger partial charge is 0.241 e. The van der Waals surface area contributed by atoms with Crippen LogP contribution in [-0.2, 0) is 4.57 Å². The molecule has 28 valence electrons. The molecule has 5 heavy (non-hydrogen) atoms. The minimum Gasteiger partial charge on any atom is -0.293 e. The summed E-state index contributed by atoms with van der Waals surface area (Å²) >= 11 is 9.17. The van der Waals surface area contributed by atoms with Crippen LogP contribution in [0.1, 0.15) is 0 Å². The number of hydrogen-bond acceptors (Lipinski definition) is 1. The zero-order valence-electron chi connectivity index (χ0n) is 2.37. The monoisotopic (exact) mass is 385 g/mol. The number of rotatable bonds is 0. The SMILES string of the molecule is O=[PH](Cl)Cl.[Rf]. The topological polar surface area (TPSA) is 17.1 Å². The Balaban J connectivity index is 0. The molecule has 0 N–H and O–H groups in total. The van der Waals surface area contributed by atoms with E-state index < -0.39 is 6.51 Å². The molecule has 0 saturated heterocycles. The predicted octanol–water partition coefficient (Wildman–Crippen LogP) is 1.85. The second kappa shape index (κ2) is 3.81. The van der Waals surface area contributed by atoms with Gasteiger partial charge in [0.2, 0.25) is 6.51 Å². The first kappa shape index (κ1) is 8.84. The van der Waals surface area contributed by atoms with Gasteiger partial charge in [-0.1, -0.05) is 0 Å². The molecule has 0 aromatic rings. The maximum atomic E-state index is 9.16. The van der Waals surface area contributed by atoms with Gasteiger partial charge in [0.05, 0.1) is 0 Å². The van der Waals surface area contributed by atoms with Crippen molar-refractivity contribution in [2.75, 3.05) is 0 Å². The van der Waals surface area contributed by atoms with Crippen molar-refractivity contribution in [1.82, 2.24) is 0 Å². The van der Waals surface area contributed by atoms with E-state index in [4.69, 9.17) is 4.57 Å². The number of halogens is 2. The van der Waals surface area contributed by atoms with Crippen LogP contribution in [0.25, 0.3) is 0 Å². The molecule has 1 nitrogen and oxygen atoms in total. The van der Waals surface area contributed by atoms with E-state index in [2.05, 4.69) is 22.5 Å². The van der Waals surface area contributed by atoms with Gasteiger partial charge in [-0.05, 0) is 22.5 Å². The van der Waals surface area contributed by atoms with Crippen LogP contribution in [-0.4, -0.2) is 0 Å². The van der Waals surface area contributed by atoms with Crippen molar-refractivity contribution >= 4 is 29.0 Å². The Kier molecular flexibility index (Phi) is 6.74. The van der Waals surface area contributed by atoms with E-state index in [-0.39, 0.29) is 0 Å². The maximum Gasteiger partial charge on any atom is 0.241 e. The van der Waals surface area contributed by atoms with Gasteiger partial charge in [-0.15, -0.1) is 0 Å². The van der Waals surface area contributed by atoms with Gasteiger partial charge in [0.15, 0.2) is 0 Å².